The third-order valence-corrected chi connectivity index (χ3v) is 3.12. The van der Waals surface area contributed by atoms with Crippen molar-refractivity contribution in [1.82, 2.24) is 0 Å². The van der Waals surface area contributed by atoms with Crippen molar-refractivity contribution in [1.29, 1.82) is 0 Å². The number of hydrogen-bond donors (Lipinski definition) is 3. The molecule has 0 radical (unpaired) electrons. The minimum Gasteiger partial charge on any atom is -0.397 e. The Bertz CT molecular complexity index is 348. The molecule has 0 bridgehead atoms. The second-order valence-electron chi connectivity index (χ2n) is 5.37. The van der Waals surface area contributed by atoms with Crippen molar-refractivity contribution in [2.24, 2.45) is 5.92 Å². The third-order valence-electron chi connectivity index (χ3n) is 3.12. The average Bonchev–Trinajstić information content (AvgIpc) is 2.32. The first kappa shape index (κ1) is 14.7. The van der Waals surface area contributed by atoms with Gasteiger partial charge in [0.15, 0.2) is 0 Å². The molecule has 0 fully saturated rings. The molecule has 0 aliphatic heterocycles. The summed E-state index contributed by atoms with van der Waals surface area (Å²) in [6, 6.07) is 5.72. The molecular weight excluding hydrogens is 222 g/mol. The van der Waals surface area contributed by atoms with Crippen molar-refractivity contribution in [3.8, 4) is 0 Å². The highest BCUT2D eigenvalue weighted by atomic mass is 14.9. The molecule has 0 heterocycles. The summed E-state index contributed by atoms with van der Waals surface area (Å²) in [5.74, 6) is 0.834. The van der Waals surface area contributed by atoms with E-state index < -0.39 is 0 Å². The third kappa shape index (κ3) is 5.80. The highest BCUT2D eigenvalue weighted by Crippen LogP contribution is 2.19. The summed E-state index contributed by atoms with van der Waals surface area (Å²) in [7, 11) is 0. The summed E-state index contributed by atoms with van der Waals surface area (Å²) < 4.78 is 0. The maximum atomic E-state index is 5.75. The molecule has 0 saturated carbocycles. The predicted octanol–water partition coefficient (Wildman–Crippen LogP) is 3.87. The first-order valence-corrected chi connectivity index (χ1v) is 6.98. The van der Waals surface area contributed by atoms with Crippen molar-refractivity contribution in [3.05, 3.63) is 18.2 Å². The van der Waals surface area contributed by atoms with Crippen LogP contribution in [0.5, 0.6) is 0 Å². The number of unbranched alkanes of at least 4 members (excludes halogenated alkanes) is 3. The van der Waals surface area contributed by atoms with Crippen LogP contribution in [-0.4, -0.2) is 6.54 Å². The van der Waals surface area contributed by atoms with Gasteiger partial charge in [0.2, 0.25) is 0 Å². The monoisotopic (exact) mass is 249 g/mol. The standard InChI is InChI=1S/C15H27N3/c1-12(2)7-5-3-4-6-10-18-13-8-9-14(16)15(17)11-13/h8-9,11-12,18H,3-7,10,16-17H2,1-2H3. The first-order chi connectivity index (χ1) is 8.59. The van der Waals surface area contributed by atoms with Gasteiger partial charge in [-0.15, -0.1) is 0 Å². The fourth-order valence-electron chi connectivity index (χ4n) is 1.95. The van der Waals surface area contributed by atoms with Crippen LogP contribution >= 0.6 is 0 Å². The van der Waals surface area contributed by atoms with Gasteiger partial charge in [0.25, 0.3) is 0 Å². The van der Waals surface area contributed by atoms with Crippen LogP contribution in [0.4, 0.5) is 17.1 Å². The van der Waals surface area contributed by atoms with Gasteiger partial charge in [-0.1, -0.05) is 39.5 Å². The van der Waals surface area contributed by atoms with E-state index in [1.165, 1.54) is 32.1 Å². The van der Waals surface area contributed by atoms with Gasteiger partial charge < -0.3 is 16.8 Å². The number of nitrogens with one attached hydrogen (secondary N) is 1. The van der Waals surface area contributed by atoms with Crippen molar-refractivity contribution >= 4 is 17.1 Å². The van der Waals surface area contributed by atoms with E-state index in [-0.39, 0.29) is 0 Å². The van der Waals surface area contributed by atoms with Gasteiger partial charge in [0, 0.05) is 12.2 Å². The summed E-state index contributed by atoms with van der Waals surface area (Å²) in [5.41, 5.74) is 13.8. The molecule has 0 spiro atoms. The van der Waals surface area contributed by atoms with Crippen LogP contribution in [0.25, 0.3) is 0 Å². The molecule has 0 aliphatic rings. The van der Waals surface area contributed by atoms with Crippen molar-refractivity contribution in [2.75, 3.05) is 23.3 Å². The molecule has 0 amide bonds. The number of hydrogen-bond acceptors (Lipinski definition) is 3. The summed E-state index contributed by atoms with van der Waals surface area (Å²) >= 11 is 0. The molecule has 3 heteroatoms. The smallest absolute Gasteiger partial charge is 0.0568 e. The van der Waals surface area contributed by atoms with E-state index >= 15 is 0 Å². The van der Waals surface area contributed by atoms with Crippen LogP contribution in [0, 0.1) is 5.92 Å². The molecule has 0 unspecified atom stereocenters. The van der Waals surface area contributed by atoms with Crippen LogP contribution < -0.4 is 16.8 Å². The molecule has 3 nitrogen and oxygen atoms in total. The van der Waals surface area contributed by atoms with Gasteiger partial charge in [-0.05, 0) is 30.5 Å². The number of nitrogens with two attached hydrogens (primary N) is 2. The topological polar surface area (TPSA) is 64.1 Å². The predicted molar refractivity (Wildman–Crippen MR) is 81.7 cm³/mol. The lowest BCUT2D eigenvalue weighted by Gasteiger charge is -2.08. The molecule has 1 rings (SSSR count). The first-order valence-electron chi connectivity index (χ1n) is 6.98. The lowest BCUT2D eigenvalue weighted by molar-refractivity contribution is 0.523. The van der Waals surface area contributed by atoms with Gasteiger partial charge in [0.05, 0.1) is 11.4 Å². The van der Waals surface area contributed by atoms with Crippen LogP contribution in [0.3, 0.4) is 0 Å². The summed E-state index contributed by atoms with van der Waals surface area (Å²) in [4.78, 5) is 0. The normalized spacial score (nSPS) is 10.8. The van der Waals surface area contributed by atoms with Gasteiger partial charge in [0.1, 0.15) is 0 Å². The second-order valence-corrected chi connectivity index (χ2v) is 5.37. The molecule has 5 N–H and O–H groups in total. The summed E-state index contributed by atoms with van der Waals surface area (Å²) in [6.45, 7) is 5.57. The molecular formula is C15H27N3. The average molecular weight is 249 g/mol. The van der Waals surface area contributed by atoms with E-state index in [1.54, 1.807) is 0 Å². The molecule has 0 atom stereocenters. The molecule has 0 aromatic heterocycles. The van der Waals surface area contributed by atoms with E-state index in [1.807, 2.05) is 18.2 Å². The molecule has 0 aliphatic carbocycles. The highest BCUT2D eigenvalue weighted by molar-refractivity contribution is 5.69. The molecule has 102 valence electrons. The molecule has 18 heavy (non-hydrogen) atoms. The van der Waals surface area contributed by atoms with Crippen LogP contribution in [0.1, 0.15) is 46.0 Å². The lowest BCUT2D eigenvalue weighted by Crippen LogP contribution is -2.03. The van der Waals surface area contributed by atoms with Crippen LogP contribution in [-0.2, 0) is 0 Å². The maximum absolute atomic E-state index is 5.75. The fraction of sp³-hybridized carbons (Fsp3) is 0.600. The lowest BCUT2D eigenvalue weighted by atomic mass is 10.0. The second kappa shape index (κ2) is 7.85. The molecule has 1 aromatic rings. The van der Waals surface area contributed by atoms with Crippen molar-refractivity contribution < 1.29 is 0 Å². The zero-order valence-corrected chi connectivity index (χ0v) is 11.7. The van der Waals surface area contributed by atoms with Crippen molar-refractivity contribution in [2.45, 2.75) is 46.0 Å². The number of rotatable bonds is 8. The SMILES string of the molecule is CC(C)CCCCCCNc1ccc(N)c(N)c1. The quantitative estimate of drug-likeness (QED) is 0.484. The van der Waals surface area contributed by atoms with E-state index in [4.69, 9.17) is 11.5 Å². The fourth-order valence-corrected chi connectivity index (χ4v) is 1.95. The zero-order valence-electron chi connectivity index (χ0n) is 11.7. The van der Waals surface area contributed by atoms with E-state index in [0.717, 1.165) is 18.2 Å². The summed E-state index contributed by atoms with van der Waals surface area (Å²) in [6.07, 6.45) is 6.55. The maximum Gasteiger partial charge on any atom is 0.0568 e. The van der Waals surface area contributed by atoms with Gasteiger partial charge in [-0.3, -0.25) is 0 Å². The Morgan fingerprint density at radius 3 is 2.39 bits per heavy atom. The Hall–Kier alpha value is -1.38. The van der Waals surface area contributed by atoms with E-state index in [9.17, 15) is 0 Å². The minimum atomic E-state index is 0.647. The van der Waals surface area contributed by atoms with Gasteiger partial charge >= 0.3 is 0 Å². The van der Waals surface area contributed by atoms with Crippen LogP contribution in [0.2, 0.25) is 0 Å². The van der Waals surface area contributed by atoms with Gasteiger partial charge in [-0.25, -0.2) is 0 Å². The van der Waals surface area contributed by atoms with Crippen LogP contribution in [0.15, 0.2) is 18.2 Å². The Morgan fingerprint density at radius 1 is 1.00 bits per heavy atom. The largest absolute Gasteiger partial charge is 0.397 e. The van der Waals surface area contributed by atoms with E-state index in [0.29, 0.717) is 11.4 Å². The van der Waals surface area contributed by atoms with Gasteiger partial charge in [-0.2, -0.15) is 0 Å². The molecule has 0 saturated heterocycles. The minimum absolute atomic E-state index is 0.647. The zero-order chi connectivity index (χ0) is 13.4. The van der Waals surface area contributed by atoms with E-state index in [2.05, 4.69) is 19.2 Å². The Morgan fingerprint density at radius 2 is 1.72 bits per heavy atom. The Labute approximate surface area is 111 Å². The Balaban J connectivity index is 2.09. The van der Waals surface area contributed by atoms with Crippen molar-refractivity contribution in [3.63, 3.8) is 0 Å². The number of benzene rings is 1. The Kier molecular flexibility index (Phi) is 6.40. The summed E-state index contributed by atoms with van der Waals surface area (Å²) in [5, 5.41) is 3.38. The number of anilines is 3. The number of nitrogen functional groups attached to an aromatic ring is 2. The highest BCUT2D eigenvalue weighted by Gasteiger charge is 1.97. The molecule has 1 aromatic carbocycles.